The van der Waals surface area contributed by atoms with E-state index in [1.165, 1.54) is 11.8 Å². The molecule has 5 heteroatoms. The Labute approximate surface area is 153 Å². The lowest BCUT2D eigenvalue weighted by Crippen LogP contribution is -2.19. The van der Waals surface area contributed by atoms with Gasteiger partial charge in [-0.3, -0.25) is 4.79 Å². The molecule has 3 rings (SSSR count). The van der Waals surface area contributed by atoms with Crippen molar-refractivity contribution in [3.05, 3.63) is 83.3 Å². The van der Waals surface area contributed by atoms with Crippen molar-refractivity contribution in [3.63, 3.8) is 0 Å². The first-order chi connectivity index (χ1) is 12.5. The molecule has 1 aromatic heterocycles. The van der Waals surface area contributed by atoms with Crippen LogP contribution >= 0.6 is 0 Å². The monoisotopic (exact) mass is 346 g/mol. The van der Waals surface area contributed by atoms with Gasteiger partial charge in [0.1, 0.15) is 11.5 Å². The maximum atomic E-state index is 12.4. The normalized spacial score (nSPS) is 10.4. The predicted molar refractivity (Wildman–Crippen MR) is 104 cm³/mol. The first-order valence-corrected chi connectivity index (χ1v) is 8.48. The molecule has 0 radical (unpaired) electrons. The Balaban J connectivity index is 1.67. The van der Waals surface area contributed by atoms with E-state index in [2.05, 4.69) is 33.5 Å². The van der Waals surface area contributed by atoms with Crippen LogP contribution in [0.5, 0.6) is 0 Å². The van der Waals surface area contributed by atoms with E-state index in [1.54, 1.807) is 6.20 Å². The van der Waals surface area contributed by atoms with E-state index in [1.807, 2.05) is 56.1 Å². The molecule has 0 aliphatic carbocycles. The molecule has 132 valence electrons. The molecule has 0 atom stereocenters. The predicted octanol–water partition coefficient (Wildman–Crippen LogP) is 3.98. The minimum Gasteiger partial charge on any atom is -0.354 e. The summed E-state index contributed by atoms with van der Waals surface area (Å²) in [6.07, 6.45) is 3.13. The first kappa shape index (κ1) is 17.6. The average Bonchev–Trinajstić information content (AvgIpc) is 2.62. The van der Waals surface area contributed by atoms with Gasteiger partial charge in [-0.05, 0) is 42.7 Å². The summed E-state index contributed by atoms with van der Waals surface area (Å²) in [7, 11) is 1.95. The van der Waals surface area contributed by atoms with Gasteiger partial charge < -0.3 is 10.2 Å². The van der Waals surface area contributed by atoms with Crippen LogP contribution in [0.1, 0.15) is 27.2 Å². The number of aryl methyl sites for hydroxylation is 2. The van der Waals surface area contributed by atoms with E-state index >= 15 is 0 Å². The molecule has 3 aromatic rings. The van der Waals surface area contributed by atoms with Crippen molar-refractivity contribution in [2.24, 2.45) is 0 Å². The van der Waals surface area contributed by atoms with Crippen LogP contribution < -0.4 is 10.2 Å². The van der Waals surface area contributed by atoms with Gasteiger partial charge in [-0.2, -0.15) is 0 Å². The molecule has 0 spiro atoms. The van der Waals surface area contributed by atoms with Gasteiger partial charge in [0.05, 0.1) is 12.4 Å². The van der Waals surface area contributed by atoms with Crippen molar-refractivity contribution in [1.29, 1.82) is 0 Å². The molecule has 1 N–H and O–H groups in total. The van der Waals surface area contributed by atoms with Gasteiger partial charge in [0, 0.05) is 19.3 Å². The SMILES string of the molecule is Cc1cc(C)cc(NC(=O)c2cnc(N(C)Cc3ccccc3)cn2)c1. The topological polar surface area (TPSA) is 58.1 Å². The first-order valence-electron chi connectivity index (χ1n) is 8.48. The zero-order chi connectivity index (χ0) is 18.5. The summed E-state index contributed by atoms with van der Waals surface area (Å²) < 4.78 is 0. The molecule has 0 fully saturated rings. The smallest absolute Gasteiger partial charge is 0.275 e. The Hall–Kier alpha value is -3.21. The van der Waals surface area contributed by atoms with Crippen molar-refractivity contribution in [2.45, 2.75) is 20.4 Å². The van der Waals surface area contributed by atoms with Crippen molar-refractivity contribution in [3.8, 4) is 0 Å². The molecule has 0 saturated carbocycles. The zero-order valence-electron chi connectivity index (χ0n) is 15.2. The summed E-state index contributed by atoms with van der Waals surface area (Å²) in [5.41, 5.74) is 4.45. The molecule has 2 aromatic carbocycles. The van der Waals surface area contributed by atoms with E-state index < -0.39 is 0 Å². The summed E-state index contributed by atoms with van der Waals surface area (Å²) in [5.74, 6) is 0.455. The van der Waals surface area contributed by atoms with Crippen molar-refractivity contribution in [2.75, 3.05) is 17.3 Å². The van der Waals surface area contributed by atoms with Crippen molar-refractivity contribution < 1.29 is 4.79 Å². The lowest BCUT2D eigenvalue weighted by Gasteiger charge is -2.17. The number of hydrogen-bond donors (Lipinski definition) is 1. The van der Waals surface area contributed by atoms with E-state index in [9.17, 15) is 4.79 Å². The van der Waals surface area contributed by atoms with Crippen LogP contribution in [0.3, 0.4) is 0 Å². The van der Waals surface area contributed by atoms with Crippen LogP contribution in [0.4, 0.5) is 11.5 Å². The highest BCUT2D eigenvalue weighted by atomic mass is 16.1. The van der Waals surface area contributed by atoms with Gasteiger partial charge in [-0.15, -0.1) is 0 Å². The van der Waals surface area contributed by atoms with Crippen LogP contribution in [0.25, 0.3) is 0 Å². The van der Waals surface area contributed by atoms with E-state index in [0.717, 1.165) is 29.2 Å². The number of amides is 1. The second kappa shape index (κ2) is 7.78. The molecule has 26 heavy (non-hydrogen) atoms. The third kappa shape index (κ3) is 4.45. The van der Waals surface area contributed by atoms with E-state index in [0.29, 0.717) is 5.69 Å². The molecule has 1 heterocycles. The van der Waals surface area contributed by atoms with Gasteiger partial charge in [0.25, 0.3) is 5.91 Å². The average molecular weight is 346 g/mol. The number of benzene rings is 2. The zero-order valence-corrected chi connectivity index (χ0v) is 15.2. The molecule has 0 unspecified atom stereocenters. The summed E-state index contributed by atoms with van der Waals surface area (Å²) >= 11 is 0. The number of rotatable bonds is 5. The molecule has 0 aliphatic rings. The van der Waals surface area contributed by atoms with Crippen LogP contribution in [0, 0.1) is 13.8 Å². The number of nitrogens with one attached hydrogen (secondary N) is 1. The van der Waals surface area contributed by atoms with Crippen LogP contribution in [0.2, 0.25) is 0 Å². The standard InChI is InChI=1S/C21H22N4O/c1-15-9-16(2)11-18(10-15)24-21(26)19-12-23-20(13-22-19)25(3)14-17-7-5-4-6-8-17/h4-13H,14H2,1-3H3,(H,24,26). The summed E-state index contributed by atoms with van der Waals surface area (Å²) in [6.45, 7) is 4.73. The van der Waals surface area contributed by atoms with Gasteiger partial charge in [-0.25, -0.2) is 9.97 Å². The lowest BCUT2D eigenvalue weighted by molar-refractivity contribution is 0.102. The molecular formula is C21H22N4O. The molecular weight excluding hydrogens is 324 g/mol. The minimum atomic E-state index is -0.264. The van der Waals surface area contributed by atoms with Gasteiger partial charge in [0.2, 0.25) is 0 Å². The van der Waals surface area contributed by atoms with Crippen LogP contribution in [-0.2, 0) is 6.54 Å². The Morgan fingerprint density at radius 3 is 2.31 bits per heavy atom. The van der Waals surface area contributed by atoms with Crippen LogP contribution in [0.15, 0.2) is 60.9 Å². The fraction of sp³-hybridized carbons (Fsp3) is 0.190. The Morgan fingerprint density at radius 2 is 1.69 bits per heavy atom. The largest absolute Gasteiger partial charge is 0.354 e. The van der Waals surface area contributed by atoms with Crippen LogP contribution in [-0.4, -0.2) is 22.9 Å². The fourth-order valence-electron chi connectivity index (χ4n) is 2.82. The van der Waals surface area contributed by atoms with Gasteiger partial charge in [0.15, 0.2) is 0 Å². The number of aromatic nitrogens is 2. The second-order valence-electron chi connectivity index (χ2n) is 6.43. The Bertz CT molecular complexity index is 871. The summed E-state index contributed by atoms with van der Waals surface area (Å²) in [5, 5.41) is 2.87. The minimum absolute atomic E-state index is 0.264. The van der Waals surface area contributed by atoms with E-state index in [-0.39, 0.29) is 5.91 Å². The third-order valence-electron chi connectivity index (χ3n) is 4.00. The quantitative estimate of drug-likeness (QED) is 0.759. The Kier molecular flexibility index (Phi) is 5.27. The maximum absolute atomic E-state index is 12.4. The fourth-order valence-corrected chi connectivity index (χ4v) is 2.82. The highest BCUT2D eigenvalue weighted by molar-refractivity contribution is 6.02. The van der Waals surface area contributed by atoms with Crippen molar-refractivity contribution >= 4 is 17.4 Å². The maximum Gasteiger partial charge on any atom is 0.275 e. The number of hydrogen-bond acceptors (Lipinski definition) is 4. The summed E-state index contributed by atoms with van der Waals surface area (Å²) in [6, 6.07) is 16.1. The van der Waals surface area contributed by atoms with Crippen molar-refractivity contribution in [1.82, 2.24) is 9.97 Å². The molecule has 0 aliphatic heterocycles. The molecule has 5 nitrogen and oxygen atoms in total. The van der Waals surface area contributed by atoms with Gasteiger partial charge in [-0.1, -0.05) is 36.4 Å². The molecule has 0 bridgehead atoms. The lowest BCUT2D eigenvalue weighted by atomic mass is 10.1. The number of nitrogens with zero attached hydrogens (tertiary/aromatic N) is 3. The van der Waals surface area contributed by atoms with Gasteiger partial charge >= 0.3 is 0 Å². The van der Waals surface area contributed by atoms with E-state index in [4.69, 9.17) is 0 Å². The molecule has 1 amide bonds. The number of carbonyl (C=O) groups excluding carboxylic acids is 1. The third-order valence-corrected chi connectivity index (χ3v) is 4.00. The number of anilines is 2. The highest BCUT2D eigenvalue weighted by Crippen LogP contribution is 2.15. The Morgan fingerprint density at radius 1 is 1.00 bits per heavy atom. The highest BCUT2D eigenvalue weighted by Gasteiger charge is 2.11. The number of carbonyl (C=O) groups is 1. The summed E-state index contributed by atoms with van der Waals surface area (Å²) in [4.78, 5) is 23.0. The molecule has 0 saturated heterocycles. The second-order valence-corrected chi connectivity index (χ2v) is 6.43.